The van der Waals surface area contributed by atoms with Crippen molar-refractivity contribution in [1.82, 2.24) is 9.88 Å². The number of aromatic amines is 1. The van der Waals surface area contributed by atoms with Crippen LogP contribution in [-0.2, 0) is 16.0 Å². The van der Waals surface area contributed by atoms with Gasteiger partial charge in [-0.15, -0.1) is 0 Å². The number of H-pyrrole nitrogens is 1. The summed E-state index contributed by atoms with van der Waals surface area (Å²) in [5.41, 5.74) is 4.47. The van der Waals surface area contributed by atoms with E-state index in [1.807, 2.05) is 48.2 Å². The fraction of sp³-hybridized carbons (Fsp3) is 0.292. The molecule has 1 saturated heterocycles. The average molecular weight is 374 g/mol. The third-order valence-electron chi connectivity index (χ3n) is 5.22. The lowest BCUT2D eigenvalue weighted by Gasteiger charge is -2.37. The van der Waals surface area contributed by atoms with Crippen LogP contribution >= 0.6 is 0 Å². The Morgan fingerprint density at radius 3 is 2.46 bits per heavy atom. The van der Waals surface area contributed by atoms with Crippen molar-refractivity contribution in [3.05, 3.63) is 84.1 Å². The summed E-state index contributed by atoms with van der Waals surface area (Å²) in [4.78, 5) is 18.2. The Labute approximate surface area is 166 Å². The van der Waals surface area contributed by atoms with E-state index in [4.69, 9.17) is 4.74 Å². The number of nitrogens with zero attached hydrogens (tertiary/aromatic N) is 1. The Morgan fingerprint density at radius 1 is 1.00 bits per heavy atom. The highest BCUT2D eigenvalue weighted by Gasteiger charge is 2.29. The molecule has 1 aromatic heterocycles. The van der Waals surface area contributed by atoms with Crippen LogP contribution in [0.5, 0.6) is 0 Å². The molecule has 4 nitrogen and oxygen atoms in total. The summed E-state index contributed by atoms with van der Waals surface area (Å²) >= 11 is 0. The Morgan fingerprint density at radius 2 is 1.71 bits per heavy atom. The molecule has 0 saturated carbocycles. The van der Waals surface area contributed by atoms with Gasteiger partial charge in [-0.05, 0) is 36.6 Å². The standard InChI is InChI=1S/C24H26N2O2/c1-18-16-26(17-23(28-18)20-10-6-3-7-11-20)24(27)15-13-21-12-14-22(25-21)19-8-4-2-5-9-19/h2-12,14,18,23,25H,13,15-17H2,1H3/t18-,23-/m1/s1. The number of ether oxygens (including phenoxy) is 1. The van der Waals surface area contributed by atoms with Gasteiger partial charge < -0.3 is 14.6 Å². The Hall–Kier alpha value is -2.85. The van der Waals surface area contributed by atoms with E-state index >= 15 is 0 Å². The molecule has 0 bridgehead atoms. The Bertz CT molecular complexity index is 905. The molecule has 4 rings (SSSR count). The third kappa shape index (κ3) is 4.34. The number of hydrogen-bond acceptors (Lipinski definition) is 2. The number of amides is 1. The molecule has 144 valence electrons. The van der Waals surface area contributed by atoms with Crippen LogP contribution in [0.2, 0.25) is 0 Å². The van der Waals surface area contributed by atoms with E-state index in [0.29, 0.717) is 25.9 Å². The predicted octanol–water partition coefficient (Wildman–Crippen LogP) is 4.60. The van der Waals surface area contributed by atoms with Gasteiger partial charge in [0.25, 0.3) is 0 Å². The number of nitrogens with one attached hydrogen (secondary N) is 1. The number of carbonyl (C=O) groups is 1. The van der Waals surface area contributed by atoms with Crippen LogP contribution in [0.4, 0.5) is 0 Å². The summed E-state index contributed by atoms with van der Waals surface area (Å²) in [5.74, 6) is 0.187. The van der Waals surface area contributed by atoms with Gasteiger partial charge in [-0.1, -0.05) is 60.7 Å². The van der Waals surface area contributed by atoms with E-state index in [2.05, 4.69) is 41.4 Å². The van der Waals surface area contributed by atoms with Crippen LogP contribution in [0.3, 0.4) is 0 Å². The minimum absolute atomic E-state index is 0.0399. The smallest absolute Gasteiger partial charge is 0.223 e. The largest absolute Gasteiger partial charge is 0.367 e. The van der Waals surface area contributed by atoms with Crippen molar-refractivity contribution in [3.8, 4) is 11.3 Å². The lowest BCUT2D eigenvalue weighted by molar-refractivity contribution is -0.144. The number of hydrogen-bond donors (Lipinski definition) is 1. The zero-order valence-electron chi connectivity index (χ0n) is 16.2. The van der Waals surface area contributed by atoms with E-state index in [9.17, 15) is 4.79 Å². The highest BCUT2D eigenvalue weighted by Crippen LogP contribution is 2.26. The van der Waals surface area contributed by atoms with Crippen LogP contribution in [0.1, 0.15) is 30.7 Å². The van der Waals surface area contributed by atoms with Crippen LogP contribution < -0.4 is 0 Å². The van der Waals surface area contributed by atoms with Crippen molar-refractivity contribution in [2.75, 3.05) is 13.1 Å². The van der Waals surface area contributed by atoms with E-state index in [0.717, 1.165) is 22.5 Å². The summed E-state index contributed by atoms with van der Waals surface area (Å²) < 4.78 is 6.07. The maximum Gasteiger partial charge on any atom is 0.223 e. The first-order valence-electron chi connectivity index (χ1n) is 9.90. The van der Waals surface area contributed by atoms with Crippen LogP contribution in [-0.4, -0.2) is 35.0 Å². The van der Waals surface area contributed by atoms with Gasteiger partial charge in [-0.3, -0.25) is 4.79 Å². The minimum Gasteiger partial charge on any atom is -0.367 e. The Balaban J connectivity index is 1.36. The van der Waals surface area contributed by atoms with Gasteiger partial charge in [-0.2, -0.15) is 0 Å². The van der Waals surface area contributed by atoms with Crippen molar-refractivity contribution >= 4 is 5.91 Å². The summed E-state index contributed by atoms with van der Waals surface area (Å²) in [7, 11) is 0. The van der Waals surface area contributed by atoms with Crippen LogP contribution in [0, 0.1) is 0 Å². The van der Waals surface area contributed by atoms with Gasteiger partial charge in [-0.25, -0.2) is 0 Å². The van der Waals surface area contributed by atoms with Gasteiger partial charge >= 0.3 is 0 Å². The molecule has 1 N–H and O–H groups in total. The number of aromatic nitrogens is 1. The second-order valence-corrected chi connectivity index (χ2v) is 7.41. The first-order valence-corrected chi connectivity index (χ1v) is 9.90. The lowest BCUT2D eigenvalue weighted by atomic mass is 10.1. The van der Waals surface area contributed by atoms with Crippen molar-refractivity contribution in [1.29, 1.82) is 0 Å². The maximum absolute atomic E-state index is 12.8. The van der Waals surface area contributed by atoms with E-state index < -0.39 is 0 Å². The molecule has 2 aromatic carbocycles. The van der Waals surface area contributed by atoms with Gasteiger partial charge in [0, 0.05) is 24.4 Å². The minimum atomic E-state index is -0.0518. The molecule has 0 aliphatic carbocycles. The molecule has 28 heavy (non-hydrogen) atoms. The number of benzene rings is 2. The zero-order chi connectivity index (χ0) is 19.3. The van der Waals surface area contributed by atoms with Crippen molar-refractivity contribution in [2.45, 2.75) is 32.0 Å². The molecule has 4 heteroatoms. The predicted molar refractivity (Wildman–Crippen MR) is 111 cm³/mol. The van der Waals surface area contributed by atoms with Crippen LogP contribution in [0.25, 0.3) is 11.3 Å². The number of aryl methyl sites for hydroxylation is 1. The second kappa shape index (κ2) is 8.44. The summed E-state index contributed by atoms with van der Waals surface area (Å²) in [6.45, 7) is 3.31. The Kier molecular flexibility index (Phi) is 5.58. The molecule has 0 radical (unpaired) electrons. The highest BCUT2D eigenvalue weighted by atomic mass is 16.5. The summed E-state index contributed by atoms with van der Waals surface area (Å²) in [6, 6.07) is 24.5. The maximum atomic E-state index is 12.8. The molecule has 0 unspecified atom stereocenters. The quantitative estimate of drug-likeness (QED) is 0.709. The molecule has 1 aliphatic heterocycles. The highest BCUT2D eigenvalue weighted by molar-refractivity contribution is 5.76. The molecule has 2 atom stereocenters. The van der Waals surface area contributed by atoms with E-state index in [-0.39, 0.29) is 18.1 Å². The van der Waals surface area contributed by atoms with Gasteiger partial charge in [0.1, 0.15) is 6.10 Å². The molecule has 2 heterocycles. The summed E-state index contributed by atoms with van der Waals surface area (Å²) in [5, 5.41) is 0. The van der Waals surface area contributed by atoms with Crippen molar-refractivity contribution < 1.29 is 9.53 Å². The van der Waals surface area contributed by atoms with E-state index in [1.54, 1.807) is 0 Å². The first-order chi connectivity index (χ1) is 13.7. The fourth-order valence-corrected chi connectivity index (χ4v) is 3.78. The second-order valence-electron chi connectivity index (χ2n) is 7.41. The fourth-order valence-electron chi connectivity index (χ4n) is 3.78. The van der Waals surface area contributed by atoms with Gasteiger partial charge in [0.05, 0.1) is 12.6 Å². The lowest BCUT2D eigenvalue weighted by Crippen LogP contribution is -2.46. The molecule has 1 amide bonds. The molecular weight excluding hydrogens is 348 g/mol. The average Bonchev–Trinajstić information content (AvgIpc) is 3.22. The van der Waals surface area contributed by atoms with Gasteiger partial charge in [0.15, 0.2) is 0 Å². The monoisotopic (exact) mass is 374 g/mol. The molecular formula is C24H26N2O2. The topological polar surface area (TPSA) is 45.3 Å². The molecule has 3 aromatic rings. The number of rotatable bonds is 5. The van der Waals surface area contributed by atoms with Gasteiger partial charge in [0.2, 0.25) is 5.91 Å². The van der Waals surface area contributed by atoms with E-state index in [1.165, 1.54) is 0 Å². The SMILES string of the molecule is C[C@@H]1CN(C(=O)CCc2ccc(-c3ccccc3)[nH]2)C[C@H](c2ccccc2)O1. The van der Waals surface area contributed by atoms with Crippen molar-refractivity contribution in [2.24, 2.45) is 0 Å². The number of morpholine rings is 1. The molecule has 0 spiro atoms. The first kappa shape index (κ1) is 18.5. The normalized spacial score (nSPS) is 19.5. The summed E-state index contributed by atoms with van der Waals surface area (Å²) in [6.07, 6.45) is 1.21. The molecule has 1 fully saturated rings. The number of carbonyl (C=O) groups excluding carboxylic acids is 1. The third-order valence-corrected chi connectivity index (χ3v) is 5.22. The molecule has 1 aliphatic rings. The van der Waals surface area contributed by atoms with Crippen LogP contribution in [0.15, 0.2) is 72.8 Å². The zero-order valence-corrected chi connectivity index (χ0v) is 16.2. The van der Waals surface area contributed by atoms with Crippen molar-refractivity contribution in [3.63, 3.8) is 0 Å².